The zero-order valence-electron chi connectivity index (χ0n) is 10.7. The highest BCUT2D eigenvalue weighted by atomic mass is 79.9. The molecule has 2 aromatic heterocycles. The molecular weight excluding hydrogens is 310 g/mol. The number of aryl methyl sites for hydroxylation is 1. The van der Waals surface area contributed by atoms with Gasteiger partial charge >= 0.3 is 0 Å². The molecule has 0 radical (unpaired) electrons. The molecule has 0 unspecified atom stereocenters. The first-order valence-electron chi connectivity index (χ1n) is 6.41. The fourth-order valence-electron chi connectivity index (χ4n) is 2.63. The average molecular weight is 326 g/mol. The van der Waals surface area contributed by atoms with Crippen LogP contribution in [0, 0.1) is 6.92 Å². The van der Waals surface area contributed by atoms with Crippen LogP contribution in [0.4, 0.5) is 0 Å². The number of fused-ring (bicyclic) bond motifs is 1. The molecule has 1 fully saturated rings. The van der Waals surface area contributed by atoms with E-state index in [1.54, 1.807) is 6.20 Å². The molecule has 6 heteroatoms. The van der Waals surface area contributed by atoms with Gasteiger partial charge in [0.25, 0.3) is 0 Å². The van der Waals surface area contributed by atoms with Crippen molar-refractivity contribution in [3.05, 3.63) is 22.6 Å². The van der Waals surface area contributed by atoms with E-state index >= 15 is 0 Å². The summed E-state index contributed by atoms with van der Waals surface area (Å²) in [6, 6.07) is 2.48. The minimum absolute atomic E-state index is 0.0884. The van der Waals surface area contributed by atoms with Crippen LogP contribution < -0.4 is 0 Å². The Morgan fingerprint density at radius 1 is 1.53 bits per heavy atom. The number of pyridine rings is 1. The molecule has 1 saturated carbocycles. The number of aliphatic hydroxyl groups is 1. The van der Waals surface area contributed by atoms with Crippen LogP contribution in [0.3, 0.4) is 0 Å². The van der Waals surface area contributed by atoms with Gasteiger partial charge in [0.05, 0.1) is 24.8 Å². The number of halogens is 1. The Hall–Kier alpha value is -0.980. The monoisotopic (exact) mass is 325 g/mol. The van der Waals surface area contributed by atoms with Crippen LogP contribution in [-0.2, 0) is 4.74 Å². The van der Waals surface area contributed by atoms with E-state index in [2.05, 4.69) is 36.5 Å². The van der Waals surface area contributed by atoms with Gasteiger partial charge in [0.1, 0.15) is 5.82 Å². The molecule has 1 aliphatic carbocycles. The molecular formula is C13H16BrN3O2. The van der Waals surface area contributed by atoms with Crippen LogP contribution >= 0.6 is 15.9 Å². The molecule has 1 N–H and O–H groups in total. The van der Waals surface area contributed by atoms with Gasteiger partial charge in [0.15, 0.2) is 5.65 Å². The van der Waals surface area contributed by atoms with Crippen LogP contribution in [0.2, 0.25) is 0 Å². The molecule has 5 nitrogen and oxygen atoms in total. The number of aliphatic hydroxyl groups excluding tert-OH is 1. The first-order chi connectivity index (χ1) is 9.19. The van der Waals surface area contributed by atoms with Crippen LogP contribution in [0.5, 0.6) is 0 Å². The summed E-state index contributed by atoms with van der Waals surface area (Å²) in [5.74, 6) is 0.992. The van der Waals surface area contributed by atoms with Crippen molar-refractivity contribution in [1.82, 2.24) is 14.5 Å². The molecule has 0 atom stereocenters. The normalized spacial score (nSPS) is 22.7. The quantitative estimate of drug-likeness (QED) is 0.936. The van der Waals surface area contributed by atoms with Crippen molar-refractivity contribution < 1.29 is 9.84 Å². The molecule has 2 heterocycles. The summed E-state index contributed by atoms with van der Waals surface area (Å²) in [7, 11) is 0. The second-order valence-corrected chi connectivity index (χ2v) is 5.78. The fourth-order valence-corrected chi connectivity index (χ4v) is 2.95. The maximum atomic E-state index is 8.75. The van der Waals surface area contributed by atoms with Gasteiger partial charge < -0.3 is 14.4 Å². The van der Waals surface area contributed by atoms with Crippen LogP contribution in [0.25, 0.3) is 11.2 Å². The number of aromatic nitrogens is 3. The summed E-state index contributed by atoms with van der Waals surface area (Å²) in [6.45, 7) is 2.52. The van der Waals surface area contributed by atoms with E-state index in [1.807, 2.05) is 6.92 Å². The molecule has 0 bridgehead atoms. The first-order valence-corrected chi connectivity index (χ1v) is 7.21. The third kappa shape index (κ3) is 2.40. The molecule has 0 aliphatic heterocycles. The van der Waals surface area contributed by atoms with E-state index in [4.69, 9.17) is 9.84 Å². The Kier molecular flexibility index (Phi) is 3.56. The smallest absolute Gasteiger partial charge is 0.177 e. The summed E-state index contributed by atoms with van der Waals surface area (Å²) in [5, 5.41) is 8.75. The highest BCUT2D eigenvalue weighted by Crippen LogP contribution is 2.37. The molecule has 0 saturated heterocycles. The summed E-state index contributed by atoms with van der Waals surface area (Å²) >= 11 is 3.45. The van der Waals surface area contributed by atoms with Crippen molar-refractivity contribution in [1.29, 1.82) is 0 Å². The van der Waals surface area contributed by atoms with Gasteiger partial charge in [-0.15, -0.1) is 0 Å². The van der Waals surface area contributed by atoms with Crippen LogP contribution in [0.15, 0.2) is 16.7 Å². The van der Waals surface area contributed by atoms with Gasteiger partial charge in [-0.1, -0.05) is 0 Å². The second-order valence-electron chi connectivity index (χ2n) is 4.87. The van der Waals surface area contributed by atoms with Crippen molar-refractivity contribution in [2.24, 2.45) is 0 Å². The van der Waals surface area contributed by atoms with Crippen molar-refractivity contribution in [2.75, 3.05) is 13.2 Å². The second kappa shape index (κ2) is 5.19. The Balaban J connectivity index is 1.82. The molecule has 102 valence electrons. The zero-order chi connectivity index (χ0) is 13.4. The molecule has 0 spiro atoms. The predicted molar refractivity (Wildman–Crippen MR) is 75.1 cm³/mol. The molecule has 0 amide bonds. The number of imidazole rings is 1. The van der Waals surface area contributed by atoms with Crippen LogP contribution in [-0.4, -0.2) is 39.0 Å². The molecule has 3 rings (SSSR count). The number of hydrogen-bond donors (Lipinski definition) is 1. The van der Waals surface area contributed by atoms with E-state index in [1.165, 1.54) is 0 Å². The maximum Gasteiger partial charge on any atom is 0.177 e. The summed E-state index contributed by atoms with van der Waals surface area (Å²) in [6.07, 6.45) is 3.97. The number of hydrogen-bond acceptors (Lipinski definition) is 4. The SMILES string of the molecule is Cc1nc2ncc(Br)cc2n1C1CC(OCCO)C1. The summed E-state index contributed by atoms with van der Waals surface area (Å²) in [4.78, 5) is 8.82. The number of rotatable bonds is 4. The van der Waals surface area contributed by atoms with E-state index in [0.29, 0.717) is 12.6 Å². The lowest BCUT2D eigenvalue weighted by molar-refractivity contribution is -0.0378. The average Bonchev–Trinajstić information content (AvgIpc) is 2.64. The Labute approximate surface area is 119 Å². The third-order valence-corrected chi connectivity index (χ3v) is 4.00. The largest absolute Gasteiger partial charge is 0.394 e. The Morgan fingerprint density at radius 2 is 2.32 bits per heavy atom. The molecule has 1 aliphatic rings. The van der Waals surface area contributed by atoms with Gasteiger partial charge in [-0.2, -0.15) is 0 Å². The molecule has 19 heavy (non-hydrogen) atoms. The number of nitrogens with zero attached hydrogens (tertiary/aromatic N) is 3. The van der Waals surface area contributed by atoms with Crippen molar-refractivity contribution >= 4 is 27.1 Å². The maximum absolute atomic E-state index is 8.75. The van der Waals surface area contributed by atoms with Gasteiger partial charge in [-0.3, -0.25) is 0 Å². The summed E-state index contributed by atoms with van der Waals surface area (Å²) in [5.41, 5.74) is 1.86. The minimum atomic E-state index is 0.0884. The standard InChI is InChI=1S/C13H16BrN3O2/c1-8-16-13-12(4-9(14)7-15-13)17(8)10-5-11(6-10)19-3-2-18/h4,7,10-11,18H,2-3,5-6H2,1H3. The van der Waals surface area contributed by atoms with E-state index in [9.17, 15) is 0 Å². The van der Waals surface area contributed by atoms with E-state index in [-0.39, 0.29) is 12.7 Å². The van der Waals surface area contributed by atoms with Gasteiger partial charge in [-0.05, 0) is 41.8 Å². The lowest BCUT2D eigenvalue weighted by atomic mass is 9.88. The fraction of sp³-hybridized carbons (Fsp3) is 0.538. The molecule has 0 aromatic carbocycles. The van der Waals surface area contributed by atoms with E-state index in [0.717, 1.165) is 34.3 Å². The van der Waals surface area contributed by atoms with Gasteiger partial charge in [0.2, 0.25) is 0 Å². The number of ether oxygens (including phenoxy) is 1. The lowest BCUT2D eigenvalue weighted by Gasteiger charge is -2.36. The molecule has 2 aromatic rings. The lowest BCUT2D eigenvalue weighted by Crippen LogP contribution is -2.34. The topological polar surface area (TPSA) is 60.2 Å². The van der Waals surface area contributed by atoms with Gasteiger partial charge in [0, 0.05) is 16.7 Å². The zero-order valence-corrected chi connectivity index (χ0v) is 12.3. The third-order valence-electron chi connectivity index (χ3n) is 3.57. The predicted octanol–water partition coefficient (Wildman–Crippen LogP) is 2.21. The van der Waals surface area contributed by atoms with E-state index < -0.39 is 0 Å². The highest BCUT2D eigenvalue weighted by Gasteiger charge is 2.33. The van der Waals surface area contributed by atoms with Crippen LogP contribution in [0.1, 0.15) is 24.7 Å². The summed E-state index contributed by atoms with van der Waals surface area (Å²) < 4.78 is 8.73. The Morgan fingerprint density at radius 3 is 3.05 bits per heavy atom. The highest BCUT2D eigenvalue weighted by molar-refractivity contribution is 9.10. The van der Waals surface area contributed by atoms with Crippen molar-refractivity contribution in [3.8, 4) is 0 Å². The first kappa shape index (κ1) is 13.0. The van der Waals surface area contributed by atoms with Crippen molar-refractivity contribution in [3.63, 3.8) is 0 Å². The minimum Gasteiger partial charge on any atom is -0.394 e. The van der Waals surface area contributed by atoms with Crippen molar-refractivity contribution in [2.45, 2.75) is 31.9 Å². The Bertz CT molecular complexity index is 593. The van der Waals surface area contributed by atoms with Gasteiger partial charge in [-0.25, -0.2) is 9.97 Å².